The van der Waals surface area contributed by atoms with Gasteiger partial charge in [0.05, 0.1) is 13.0 Å². The zero-order chi connectivity index (χ0) is 15.4. The Morgan fingerprint density at radius 1 is 1.19 bits per heavy atom. The molecule has 0 bridgehead atoms. The van der Waals surface area contributed by atoms with Crippen LogP contribution in [0.5, 0.6) is 11.5 Å². The first-order valence-electron chi connectivity index (χ1n) is 6.67. The largest absolute Gasteiger partial charge is 0.504 e. The number of phenols is 1. The van der Waals surface area contributed by atoms with Crippen molar-refractivity contribution >= 4 is 5.97 Å². The number of benzene rings is 2. The SMILES string of the molecule is COc1cccc(CC(C(=O)O)c2ccc(C)cc2)c1O. The van der Waals surface area contributed by atoms with Crippen molar-refractivity contribution in [3.05, 3.63) is 59.2 Å². The maximum atomic E-state index is 11.5. The summed E-state index contributed by atoms with van der Waals surface area (Å²) >= 11 is 0. The molecular formula is C17H18O4. The molecule has 1 unspecified atom stereocenters. The van der Waals surface area contributed by atoms with Crippen LogP contribution >= 0.6 is 0 Å². The van der Waals surface area contributed by atoms with Crippen molar-refractivity contribution in [3.8, 4) is 11.5 Å². The number of aliphatic carboxylic acids is 1. The zero-order valence-electron chi connectivity index (χ0n) is 12.0. The molecule has 0 aliphatic rings. The van der Waals surface area contributed by atoms with Gasteiger partial charge in [-0.2, -0.15) is 0 Å². The first kappa shape index (κ1) is 14.9. The Hall–Kier alpha value is -2.49. The molecule has 2 aromatic carbocycles. The summed E-state index contributed by atoms with van der Waals surface area (Å²) in [5, 5.41) is 19.6. The predicted molar refractivity (Wildman–Crippen MR) is 79.9 cm³/mol. The number of ether oxygens (including phenoxy) is 1. The average Bonchev–Trinajstić information content (AvgIpc) is 2.47. The summed E-state index contributed by atoms with van der Waals surface area (Å²) in [6, 6.07) is 12.5. The highest BCUT2D eigenvalue weighted by Gasteiger charge is 2.22. The molecule has 2 aromatic rings. The topological polar surface area (TPSA) is 66.8 Å². The van der Waals surface area contributed by atoms with Crippen LogP contribution in [0, 0.1) is 6.92 Å². The third-order valence-corrected chi connectivity index (χ3v) is 3.50. The van der Waals surface area contributed by atoms with E-state index in [-0.39, 0.29) is 12.2 Å². The third kappa shape index (κ3) is 3.34. The van der Waals surface area contributed by atoms with Gasteiger partial charge in [-0.3, -0.25) is 4.79 Å². The smallest absolute Gasteiger partial charge is 0.311 e. The minimum atomic E-state index is -0.916. The van der Waals surface area contributed by atoms with Gasteiger partial charge in [0.25, 0.3) is 0 Å². The van der Waals surface area contributed by atoms with E-state index in [1.54, 1.807) is 18.2 Å². The molecule has 0 radical (unpaired) electrons. The molecule has 0 aliphatic heterocycles. The lowest BCUT2D eigenvalue weighted by molar-refractivity contribution is -0.138. The predicted octanol–water partition coefficient (Wildman–Crippen LogP) is 3.12. The lowest BCUT2D eigenvalue weighted by atomic mass is 9.91. The second-order valence-electron chi connectivity index (χ2n) is 4.97. The number of hydrogen-bond acceptors (Lipinski definition) is 3. The lowest BCUT2D eigenvalue weighted by Crippen LogP contribution is -2.14. The second kappa shape index (κ2) is 6.31. The summed E-state index contributed by atoms with van der Waals surface area (Å²) in [5.74, 6) is -1.27. The van der Waals surface area contributed by atoms with E-state index in [2.05, 4.69) is 0 Å². The number of para-hydroxylation sites is 1. The van der Waals surface area contributed by atoms with E-state index in [9.17, 15) is 15.0 Å². The van der Waals surface area contributed by atoms with Crippen molar-refractivity contribution in [2.45, 2.75) is 19.3 Å². The van der Waals surface area contributed by atoms with Crippen LogP contribution in [0.1, 0.15) is 22.6 Å². The van der Waals surface area contributed by atoms with Crippen LogP contribution in [0.3, 0.4) is 0 Å². The molecule has 0 aliphatic carbocycles. The molecule has 2 rings (SSSR count). The maximum Gasteiger partial charge on any atom is 0.311 e. The van der Waals surface area contributed by atoms with Crippen LogP contribution < -0.4 is 4.74 Å². The fourth-order valence-corrected chi connectivity index (χ4v) is 2.26. The highest BCUT2D eigenvalue weighted by atomic mass is 16.5. The van der Waals surface area contributed by atoms with Crippen LogP contribution in [0.15, 0.2) is 42.5 Å². The normalized spacial score (nSPS) is 11.9. The van der Waals surface area contributed by atoms with Gasteiger partial charge in [-0.25, -0.2) is 0 Å². The van der Waals surface area contributed by atoms with Crippen LogP contribution in [0.4, 0.5) is 0 Å². The van der Waals surface area contributed by atoms with Gasteiger partial charge in [-0.15, -0.1) is 0 Å². The number of carboxylic acids is 1. The molecule has 0 amide bonds. The van der Waals surface area contributed by atoms with Gasteiger partial charge in [0.1, 0.15) is 0 Å². The minimum absolute atomic E-state index is 0.00152. The highest BCUT2D eigenvalue weighted by Crippen LogP contribution is 2.33. The van der Waals surface area contributed by atoms with Crippen molar-refractivity contribution in [2.75, 3.05) is 7.11 Å². The van der Waals surface area contributed by atoms with Crippen LogP contribution in [0.2, 0.25) is 0 Å². The van der Waals surface area contributed by atoms with Gasteiger partial charge < -0.3 is 14.9 Å². The number of methoxy groups -OCH3 is 1. The van der Waals surface area contributed by atoms with E-state index in [0.29, 0.717) is 11.3 Å². The van der Waals surface area contributed by atoms with Crippen LogP contribution in [0.25, 0.3) is 0 Å². The molecular weight excluding hydrogens is 268 g/mol. The van der Waals surface area contributed by atoms with Gasteiger partial charge in [0.15, 0.2) is 11.5 Å². The molecule has 110 valence electrons. The lowest BCUT2D eigenvalue weighted by Gasteiger charge is -2.15. The molecule has 0 saturated carbocycles. The number of aromatic hydroxyl groups is 1. The quantitative estimate of drug-likeness (QED) is 0.886. The Morgan fingerprint density at radius 3 is 2.43 bits per heavy atom. The fraction of sp³-hybridized carbons (Fsp3) is 0.235. The first-order valence-corrected chi connectivity index (χ1v) is 6.67. The Balaban J connectivity index is 2.33. The number of rotatable bonds is 5. The van der Waals surface area contributed by atoms with Crippen LogP contribution in [-0.2, 0) is 11.2 Å². The van der Waals surface area contributed by atoms with E-state index < -0.39 is 11.9 Å². The molecule has 0 aromatic heterocycles. The number of carboxylic acid groups (broad SMARTS) is 1. The molecule has 21 heavy (non-hydrogen) atoms. The van der Waals surface area contributed by atoms with Crippen molar-refractivity contribution in [3.63, 3.8) is 0 Å². The van der Waals surface area contributed by atoms with E-state index in [1.165, 1.54) is 7.11 Å². The van der Waals surface area contributed by atoms with Gasteiger partial charge in [0, 0.05) is 0 Å². The Labute approximate surface area is 123 Å². The number of carbonyl (C=O) groups is 1. The number of phenolic OH excluding ortho intramolecular Hbond substituents is 1. The molecule has 2 N–H and O–H groups in total. The summed E-state index contributed by atoms with van der Waals surface area (Å²) in [5.41, 5.74) is 2.35. The summed E-state index contributed by atoms with van der Waals surface area (Å²) in [7, 11) is 1.47. The molecule has 1 atom stereocenters. The van der Waals surface area contributed by atoms with E-state index in [1.807, 2.05) is 31.2 Å². The second-order valence-corrected chi connectivity index (χ2v) is 4.97. The monoisotopic (exact) mass is 286 g/mol. The molecule has 0 saturated heterocycles. The van der Waals surface area contributed by atoms with E-state index >= 15 is 0 Å². The molecule has 0 spiro atoms. The van der Waals surface area contributed by atoms with Gasteiger partial charge in [-0.1, -0.05) is 42.0 Å². The molecule has 4 heteroatoms. The van der Waals surface area contributed by atoms with Crippen molar-refractivity contribution in [1.82, 2.24) is 0 Å². The molecule has 0 fully saturated rings. The van der Waals surface area contributed by atoms with Crippen molar-refractivity contribution in [1.29, 1.82) is 0 Å². The number of aryl methyl sites for hydroxylation is 1. The summed E-state index contributed by atoms with van der Waals surface area (Å²) in [6.07, 6.45) is 0.210. The number of hydrogen-bond donors (Lipinski definition) is 2. The third-order valence-electron chi connectivity index (χ3n) is 3.50. The minimum Gasteiger partial charge on any atom is -0.504 e. The first-order chi connectivity index (χ1) is 10.0. The Kier molecular flexibility index (Phi) is 4.48. The summed E-state index contributed by atoms with van der Waals surface area (Å²) in [4.78, 5) is 11.5. The van der Waals surface area contributed by atoms with E-state index in [0.717, 1.165) is 11.1 Å². The Bertz CT molecular complexity index is 632. The maximum absolute atomic E-state index is 11.5. The van der Waals surface area contributed by atoms with Crippen molar-refractivity contribution in [2.24, 2.45) is 0 Å². The average molecular weight is 286 g/mol. The summed E-state index contributed by atoms with van der Waals surface area (Å²) < 4.78 is 5.05. The van der Waals surface area contributed by atoms with Gasteiger partial charge in [0.2, 0.25) is 0 Å². The Morgan fingerprint density at radius 2 is 1.86 bits per heavy atom. The zero-order valence-corrected chi connectivity index (χ0v) is 12.0. The highest BCUT2D eigenvalue weighted by molar-refractivity contribution is 5.76. The van der Waals surface area contributed by atoms with Crippen LogP contribution in [-0.4, -0.2) is 23.3 Å². The fourth-order valence-electron chi connectivity index (χ4n) is 2.26. The molecule has 0 heterocycles. The van der Waals surface area contributed by atoms with Crippen molar-refractivity contribution < 1.29 is 19.7 Å². The molecule has 4 nitrogen and oxygen atoms in total. The van der Waals surface area contributed by atoms with E-state index in [4.69, 9.17) is 4.74 Å². The summed E-state index contributed by atoms with van der Waals surface area (Å²) in [6.45, 7) is 1.95. The van der Waals surface area contributed by atoms with Gasteiger partial charge >= 0.3 is 5.97 Å². The standard InChI is InChI=1S/C17H18O4/c1-11-6-8-12(9-7-11)14(17(19)20)10-13-4-3-5-15(21-2)16(13)18/h3-9,14,18H,10H2,1-2H3,(H,19,20). The van der Waals surface area contributed by atoms with Gasteiger partial charge in [-0.05, 0) is 30.5 Å².